The van der Waals surface area contributed by atoms with Crippen LogP contribution in [-0.4, -0.2) is 5.29 Å². The number of rotatable bonds is 8. The Morgan fingerprint density at radius 1 is 0.359 bits per heavy atom. The average molecular weight is 929 g/mol. The van der Waals surface area contributed by atoms with Gasteiger partial charge in [-0.3, -0.25) is 0 Å². The lowest BCUT2D eigenvalue weighted by molar-refractivity contribution is 1.74. The topological polar surface area (TPSA) is 0 Å². The van der Waals surface area contributed by atoms with E-state index in [0.29, 0.717) is 0 Å². The van der Waals surface area contributed by atoms with Crippen molar-refractivity contribution in [3.63, 3.8) is 0 Å². The highest BCUT2D eigenvalue weighted by atomic mass is 32.3. The van der Waals surface area contributed by atoms with Crippen molar-refractivity contribution in [2.24, 2.45) is 0 Å². The third-order valence-electron chi connectivity index (χ3n) is 12.5. The molecular weight excluding hydrogens is 882 g/mol. The van der Waals surface area contributed by atoms with Gasteiger partial charge in [0, 0.05) is 6.57 Å². The summed E-state index contributed by atoms with van der Waals surface area (Å²) in [5.41, 5.74) is 0. The molecule has 0 nitrogen and oxygen atoms in total. The number of hydrogen-bond donors (Lipinski definition) is 0. The van der Waals surface area contributed by atoms with Gasteiger partial charge in [0.15, 0.2) is 6.95 Å². The largest absolute Gasteiger partial charge is 0.197 e. The van der Waals surface area contributed by atoms with E-state index in [9.17, 15) is 0 Å². The molecule has 0 saturated heterocycles. The van der Waals surface area contributed by atoms with Gasteiger partial charge in [0.25, 0.3) is 0 Å². The molecule has 0 amide bonds. The molecule has 0 fully saturated rings. The summed E-state index contributed by atoms with van der Waals surface area (Å²) in [7, 11) is 2.84. The van der Waals surface area contributed by atoms with Gasteiger partial charge in [0.05, 0.1) is 7.56 Å². The summed E-state index contributed by atoms with van der Waals surface area (Å²) in [6.07, 6.45) is 7.85. The van der Waals surface area contributed by atoms with Gasteiger partial charge >= 0.3 is 0 Å². The predicted octanol–water partition coefficient (Wildman–Crippen LogP) is 12.5. The Labute approximate surface area is 382 Å². The zero-order valence-electron chi connectivity index (χ0n) is 35.2. The maximum atomic E-state index is 2.72. The second kappa shape index (κ2) is 17.6. The molecule has 0 spiro atoms. The van der Waals surface area contributed by atoms with Gasteiger partial charge in [-0.25, -0.2) is 0 Å². The maximum Gasteiger partial charge on any atom is 0.160 e. The molecule has 4 bridgehead atoms. The molecule has 9 aromatic rings. The lowest BCUT2D eigenvalue weighted by Gasteiger charge is -2.37. The monoisotopic (exact) mass is 928 g/mol. The zero-order valence-corrected chi connectivity index (χ0v) is 40.6. The van der Waals surface area contributed by atoms with Crippen LogP contribution < -0.4 is 53.0 Å². The normalized spacial score (nSPS) is 17.1. The van der Waals surface area contributed by atoms with E-state index in [1.807, 2.05) is 0 Å². The Bertz CT molecular complexity index is 3130. The van der Waals surface area contributed by atoms with Crippen LogP contribution >= 0.6 is 41.7 Å². The van der Waals surface area contributed by atoms with Crippen LogP contribution in [-0.2, 0) is 0 Å². The maximum absolute atomic E-state index is 2.72. The van der Waals surface area contributed by atoms with Crippen molar-refractivity contribution >= 4 is 100 Å². The highest BCUT2D eigenvalue weighted by molar-refractivity contribution is 8.55. The molecule has 0 unspecified atom stereocenters. The van der Waals surface area contributed by atoms with E-state index in [1.165, 1.54) is 78.8 Å². The number of allylic oxidation sites excluding steroid dienone is 4. The van der Waals surface area contributed by atoms with Gasteiger partial charge in [-0.2, -0.15) is 23.5 Å². The Morgan fingerprint density at radius 3 is 1.12 bits per heavy atom. The van der Waals surface area contributed by atoms with E-state index in [1.54, 1.807) is 0 Å². The molecule has 0 radical (unpaired) electrons. The second-order valence-electron chi connectivity index (χ2n) is 16.1. The molecule has 0 N–H and O–H groups in total. The molecule has 9 aromatic carbocycles. The molecule has 6 heteroatoms. The lowest BCUT2D eigenvalue weighted by Crippen LogP contribution is -2.27. The number of hydrogen-bond acceptors (Lipinski definition) is 0. The zero-order chi connectivity index (χ0) is 42.9. The quantitative estimate of drug-likeness (QED) is 0.105. The molecule has 0 aromatic heterocycles. The predicted molar refractivity (Wildman–Crippen MR) is 294 cm³/mol. The molecule has 308 valence electrons. The Morgan fingerprint density at radius 2 is 0.719 bits per heavy atom. The number of benzene rings is 8. The van der Waals surface area contributed by atoms with Crippen LogP contribution in [0.15, 0.2) is 284 Å². The smallest absolute Gasteiger partial charge is 0.160 e. The average Bonchev–Trinajstić information content (AvgIpc) is 4.10. The van der Waals surface area contributed by atoms with E-state index in [4.69, 9.17) is 0 Å². The first-order valence-electron chi connectivity index (χ1n) is 21.7. The van der Waals surface area contributed by atoms with Crippen molar-refractivity contribution in [1.82, 2.24) is 0 Å². The van der Waals surface area contributed by atoms with Gasteiger partial charge in [-0.05, 0) is 92.7 Å². The minimum absolute atomic E-state index is 1.41. The summed E-state index contributed by atoms with van der Waals surface area (Å²) in [5.74, 6) is 0. The van der Waals surface area contributed by atoms with E-state index in [-0.39, 0.29) is 0 Å². The van der Waals surface area contributed by atoms with Gasteiger partial charge in [-0.15, -0.1) is 5.30 Å². The molecule has 0 atom stereocenters. The minimum Gasteiger partial charge on any atom is -0.197 e. The summed E-state index contributed by atoms with van der Waals surface area (Å²) in [6.45, 7) is -9.89. The third kappa shape index (κ3) is 6.83. The van der Waals surface area contributed by atoms with Crippen molar-refractivity contribution < 1.29 is 0 Å². The molecule has 1 aliphatic heterocycles. The van der Waals surface area contributed by atoms with Crippen molar-refractivity contribution in [2.75, 3.05) is 0 Å². The SMILES string of the molecule is C1=CC2=P(c3ccccc3)(c3ccccc3)P=P(c3ccccc3)(c3ccccc3)c3cc(c[cH-]3)P(c3ccccc3)(c3ccccc3)=P[P+](c3ccccc3)(c3ccccc3)C1=C2. The van der Waals surface area contributed by atoms with Crippen LogP contribution in [0.3, 0.4) is 0 Å². The van der Waals surface area contributed by atoms with E-state index < -0.39 is 26.6 Å². The first kappa shape index (κ1) is 41.5. The Hall–Kier alpha value is -5.22. The van der Waals surface area contributed by atoms with Gasteiger partial charge in [0.1, 0.15) is 15.9 Å². The van der Waals surface area contributed by atoms with Crippen LogP contribution in [0.4, 0.5) is 0 Å². The Balaban J connectivity index is 1.47. The first-order chi connectivity index (χ1) is 31.7. The van der Waals surface area contributed by atoms with Crippen LogP contribution in [0.5, 0.6) is 0 Å². The molecule has 11 rings (SSSR count). The minimum atomic E-state index is -2.47. The molecule has 0 saturated carbocycles. The third-order valence-corrected chi connectivity index (χ3v) is 47.2. The van der Waals surface area contributed by atoms with E-state index in [2.05, 4.69) is 279 Å². The van der Waals surface area contributed by atoms with Crippen LogP contribution in [0.25, 0.3) is 0 Å². The molecule has 1 heterocycles. The second-order valence-corrected chi connectivity index (χ2v) is 39.2. The van der Waals surface area contributed by atoms with Crippen molar-refractivity contribution in [3.05, 3.63) is 284 Å². The van der Waals surface area contributed by atoms with Crippen molar-refractivity contribution in [3.8, 4) is 0 Å². The van der Waals surface area contributed by atoms with Crippen LogP contribution in [0.1, 0.15) is 0 Å². The standard InChI is InChI=1S/C58H46P6/c1-9-25-47(26-10-1)61(48-27-11-2-12-28-48)55-41-42-56(45-55)63(51-33-17-5-18-34-51,52-35-19-6-20-36-52)60-64(53-37-21-7-22-38-53,54-39-23-8-24-40-54)58-44-43-57(46-58)62(59-61,49-29-13-3-14-30-49)50-31-15-4-16-32-50/h1-46H. The van der Waals surface area contributed by atoms with Crippen molar-refractivity contribution in [1.29, 1.82) is 0 Å². The summed E-state index contributed by atoms with van der Waals surface area (Å²) in [6, 6.07) is 101. The molecule has 2 aliphatic rings. The summed E-state index contributed by atoms with van der Waals surface area (Å²) < 4.78 is 0. The fourth-order valence-electron chi connectivity index (χ4n) is 9.60. The summed E-state index contributed by atoms with van der Waals surface area (Å²) in [4.78, 5) is 0. The van der Waals surface area contributed by atoms with Crippen molar-refractivity contribution in [2.45, 2.75) is 0 Å². The van der Waals surface area contributed by atoms with Crippen LogP contribution in [0.2, 0.25) is 0 Å². The fraction of sp³-hybridized carbons (Fsp3) is 0. The van der Waals surface area contributed by atoms with E-state index in [0.717, 1.165) is 0 Å². The molecule has 64 heavy (non-hydrogen) atoms. The van der Waals surface area contributed by atoms with Crippen LogP contribution in [0, 0.1) is 0 Å². The molecular formula is C58H46P6. The number of fused-ring (bicyclic) bond motifs is 3. The summed E-state index contributed by atoms with van der Waals surface area (Å²) >= 11 is 0. The fourth-order valence-corrected chi connectivity index (χ4v) is 51.9. The Kier molecular flexibility index (Phi) is 11.4. The van der Waals surface area contributed by atoms with Gasteiger partial charge in [0.2, 0.25) is 0 Å². The highest BCUT2D eigenvalue weighted by Crippen LogP contribution is 2.83. The van der Waals surface area contributed by atoms with Gasteiger partial charge < -0.3 is 0 Å². The lowest BCUT2D eigenvalue weighted by atomic mass is 10.4. The van der Waals surface area contributed by atoms with E-state index >= 15 is 0 Å². The first-order valence-corrected chi connectivity index (χ1v) is 33.5. The molecule has 1 aliphatic carbocycles. The van der Waals surface area contributed by atoms with Gasteiger partial charge in [-0.1, -0.05) is 226 Å². The summed E-state index contributed by atoms with van der Waals surface area (Å²) in [5, 5.41) is 17.1. The highest BCUT2D eigenvalue weighted by Gasteiger charge is 2.50.